The first-order valence-corrected chi connectivity index (χ1v) is 8.57. The highest BCUT2D eigenvalue weighted by Gasteiger charge is 2.20. The van der Waals surface area contributed by atoms with E-state index in [4.69, 9.17) is 0 Å². The molecule has 0 saturated heterocycles. The van der Waals surface area contributed by atoms with Crippen molar-refractivity contribution in [3.05, 3.63) is 69.7 Å². The van der Waals surface area contributed by atoms with Gasteiger partial charge in [0.15, 0.2) is 0 Å². The lowest BCUT2D eigenvalue weighted by atomic mass is 9.79. The zero-order valence-electron chi connectivity index (χ0n) is 12.5. The van der Waals surface area contributed by atoms with Gasteiger partial charge in [-0.1, -0.05) is 58.7 Å². The van der Waals surface area contributed by atoms with Crippen molar-refractivity contribution in [2.45, 2.75) is 37.6 Å². The quantitative estimate of drug-likeness (QED) is 0.784. The molecule has 1 unspecified atom stereocenters. The van der Waals surface area contributed by atoms with Gasteiger partial charge in [-0.05, 0) is 61.1 Å². The van der Waals surface area contributed by atoms with Crippen molar-refractivity contribution in [2.24, 2.45) is 0 Å². The van der Waals surface area contributed by atoms with Crippen LogP contribution in [0.2, 0.25) is 0 Å². The van der Waals surface area contributed by atoms with E-state index in [9.17, 15) is 0 Å². The average molecular weight is 344 g/mol. The lowest BCUT2D eigenvalue weighted by Crippen LogP contribution is -2.19. The Morgan fingerprint density at radius 3 is 2.52 bits per heavy atom. The van der Waals surface area contributed by atoms with Gasteiger partial charge < -0.3 is 5.32 Å². The third-order valence-corrected chi connectivity index (χ3v) is 5.12. The highest BCUT2D eigenvalue weighted by atomic mass is 79.9. The van der Waals surface area contributed by atoms with E-state index in [-0.39, 0.29) is 0 Å². The van der Waals surface area contributed by atoms with E-state index in [0.29, 0.717) is 6.04 Å². The first kappa shape index (κ1) is 14.8. The fourth-order valence-corrected chi connectivity index (χ4v) is 3.28. The molecule has 1 saturated carbocycles. The van der Waals surface area contributed by atoms with E-state index in [2.05, 4.69) is 76.8 Å². The Hall–Kier alpha value is -1.12. The van der Waals surface area contributed by atoms with Gasteiger partial charge in [0.05, 0.1) is 0 Å². The van der Waals surface area contributed by atoms with Gasteiger partial charge in [0.1, 0.15) is 0 Å². The summed E-state index contributed by atoms with van der Waals surface area (Å²) in [7, 11) is 2.06. The van der Waals surface area contributed by atoms with Gasteiger partial charge in [0.25, 0.3) is 0 Å². The number of hydrogen-bond donors (Lipinski definition) is 1. The summed E-state index contributed by atoms with van der Waals surface area (Å²) < 4.78 is 1.14. The maximum absolute atomic E-state index is 3.50. The Bertz CT molecular complexity index is 587. The minimum atomic E-state index is 0.381. The van der Waals surface area contributed by atoms with Gasteiger partial charge in [0, 0.05) is 10.5 Å². The van der Waals surface area contributed by atoms with Crippen molar-refractivity contribution >= 4 is 15.9 Å². The first-order chi connectivity index (χ1) is 10.3. The number of likely N-dealkylation sites (N-methyl/N-ethyl adjacent to an activating group) is 1. The molecule has 1 nitrogen and oxygen atoms in total. The summed E-state index contributed by atoms with van der Waals surface area (Å²) in [6.07, 6.45) is 5.14. The van der Waals surface area contributed by atoms with Crippen molar-refractivity contribution in [2.75, 3.05) is 7.05 Å². The number of nitrogens with one attached hydrogen (secondary N) is 1. The van der Waals surface area contributed by atoms with Crippen LogP contribution in [0.4, 0.5) is 0 Å². The molecule has 2 aromatic carbocycles. The number of benzene rings is 2. The largest absolute Gasteiger partial charge is 0.313 e. The maximum Gasteiger partial charge on any atom is 0.0358 e. The van der Waals surface area contributed by atoms with Crippen molar-refractivity contribution < 1.29 is 0 Å². The predicted molar refractivity (Wildman–Crippen MR) is 92.7 cm³/mol. The Kier molecular flexibility index (Phi) is 4.77. The summed E-state index contributed by atoms with van der Waals surface area (Å²) in [4.78, 5) is 0. The standard InChI is InChI=1S/C19H22BrN/c1-21-19(12-14-8-10-18(20)11-9-14)17-7-3-6-16(13-17)15-4-2-5-15/h3,6-11,13,15,19,21H,2,4-5,12H2,1H3. The van der Waals surface area contributed by atoms with Crippen molar-refractivity contribution in [1.82, 2.24) is 5.32 Å². The first-order valence-electron chi connectivity index (χ1n) is 7.78. The lowest BCUT2D eigenvalue weighted by Gasteiger charge is -2.27. The van der Waals surface area contributed by atoms with Crippen LogP contribution in [0, 0.1) is 0 Å². The molecule has 3 rings (SSSR count). The summed E-state index contributed by atoms with van der Waals surface area (Å²) in [6, 6.07) is 18.2. The molecule has 110 valence electrons. The Morgan fingerprint density at radius 2 is 1.90 bits per heavy atom. The van der Waals surface area contributed by atoms with Crippen molar-refractivity contribution in [3.63, 3.8) is 0 Å². The third-order valence-electron chi connectivity index (χ3n) is 4.59. The molecule has 2 heteroatoms. The molecule has 1 aliphatic carbocycles. The van der Waals surface area contributed by atoms with E-state index in [0.717, 1.165) is 16.8 Å². The molecule has 1 aliphatic rings. The highest BCUT2D eigenvalue weighted by molar-refractivity contribution is 9.10. The summed E-state index contributed by atoms with van der Waals surface area (Å²) in [6.45, 7) is 0. The topological polar surface area (TPSA) is 12.0 Å². The van der Waals surface area contributed by atoms with Crippen molar-refractivity contribution in [1.29, 1.82) is 0 Å². The van der Waals surface area contributed by atoms with Gasteiger partial charge in [-0.3, -0.25) is 0 Å². The second kappa shape index (κ2) is 6.76. The number of hydrogen-bond acceptors (Lipinski definition) is 1. The van der Waals surface area contributed by atoms with Gasteiger partial charge in [0.2, 0.25) is 0 Å². The minimum Gasteiger partial charge on any atom is -0.313 e. The molecule has 1 atom stereocenters. The summed E-state index contributed by atoms with van der Waals surface area (Å²) in [5.74, 6) is 0.801. The number of rotatable bonds is 5. The predicted octanol–water partition coefficient (Wildman–Crippen LogP) is 5.22. The maximum atomic E-state index is 3.50. The molecule has 0 aromatic heterocycles. The van der Waals surface area contributed by atoms with Gasteiger partial charge in [-0.2, -0.15) is 0 Å². The monoisotopic (exact) mass is 343 g/mol. The Labute approximate surface area is 135 Å². The third kappa shape index (κ3) is 3.56. The van der Waals surface area contributed by atoms with Crippen LogP contribution in [0.3, 0.4) is 0 Å². The molecule has 1 N–H and O–H groups in total. The number of halogens is 1. The highest BCUT2D eigenvalue weighted by Crippen LogP contribution is 2.37. The molecule has 2 aromatic rings. The van der Waals surface area contributed by atoms with Crippen LogP contribution in [0.15, 0.2) is 53.0 Å². The molecule has 21 heavy (non-hydrogen) atoms. The van der Waals surface area contributed by atoms with E-state index < -0.39 is 0 Å². The van der Waals surface area contributed by atoms with Crippen LogP contribution in [-0.4, -0.2) is 7.05 Å². The van der Waals surface area contributed by atoms with E-state index in [1.807, 2.05) is 0 Å². The van der Waals surface area contributed by atoms with Gasteiger partial charge in [-0.15, -0.1) is 0 Å². The Balaban J connectivity index is 1.77. The van der Waals surface area contributed by atoms with Crippen molar-refractivity contribution in [3.8, 4) is 0 Å². The van der Waals surface area contributed by atoms with Gasteiger partial charge in [-0.25, -0.2) is 0 Å². The fourth-order valence-electron chi connectivity index (χ4n) is 3.01. The van der Waals surface area contributed by atoms with Crippen LogP contribution in [0.1, 0.15) is 47.9 Å². The van der Waals surface area contributed by atoms with E-state index >= 15 is 0 Å². The molecular formula is C19H22BrN. The summed E-state index contributed by atoms with van der Waals surface area (Å²) in [5.41, 5.74) is 4.30. The molecule has 0 heterocycles. The van der Waals surface area contributed by atoms with Gasteiger partial charge >= 0.3 is 0 Å². The Morgan fingerprint density at radius 1 is 1.14 bits per heavy atom. The second-order valence-corrected chi connectivity index (χ2v) is 6.89. The van der Waals surface area contributed by atoms with Crippen LogP contribution >= 0.6 is 15.9 Å². The molecule has 0 aliphatic heterocycles. The van der Waals surface area contributed by atoms with E-state index in [1.54, 1.807) is 0 Å². The molecule has 0 radical (unpaired) electrons. The van der Waals surface area contributed by atoms with Crippen LogP contribution in [0.5, 0.6) is 0 Å². The zero-order valence-corrected chi connectivity index (χ0v) is 14.1. The smallest absolute Gasteiger partial charge is 0.0358 e. The minimum absolute atomic E-state index is 0.381. The van der Waals surface area contributed by atoms with Crippen LogP contribution < -0.4 is 5.32 Å². The SMILES string of the molecule is CNC(Cc1ccc(Br)cc1)c1cccc(C2CCC2)c1. The lowest BCUT2D eigenvalue weighted by molar-refractivity contribution is 0.419. The normalized spacial score (nSPS) is 16.5. The molecule has 0 spiro atoms. The summed E-state index contributed by atoms with van der Waals surface area (Å²) >= 11 is 3.50. The fraction of sp³-hybridized carbons (Fsp3) is 0.368. The van der Waals surface area contributed by atoms with Crippen LogP contribution in [0.25, 0.3) is 0 Å². The average Bonchev–Trinajstić information content (AvgIpc) is 2.45. The van der Waals surface area contributed by atoms with Crippen LogP contribution in [-0.2, 0) is 6.42 Å². The second-order valence-electron chi connectivity index (χ2n) is 5.97. The summed E-state index contributed by atoms with van der Waals surface area (Å²) in [5, 5.41) is 3.47. The molecule has 0 bridgehead atoms. The molecule has 1 fully saturated rings. The molecular weight excluding hydrogens is 322 g/mol. The molecule has 0 amide bonds. The zero-order chi connectivity index (χ0) is 14.7. The van der Waals surface area contributed by atoms with E-state index in [1.165, 1.54) is 36.0 Å².